The lowest BCUT2D eigenvalue weighted by atomic mass is 10.0. The Hall–Kier alpha value is -3.99. The van der Waals surface area contributed by atoms with Crippen LogP contribution in [-0.4, -0.2) is 63.0 Å². The molecule has 0 aliphatic carbocycles. The molecule has 0 radical (unpaired) electrons. The molecule has 1 aliphatic heterocycles. The number of carbonyl (C=O) groups excluding carboxylic acids is 1. The number of aliphatic hydroxyl groups is 1. The first-order valence-corrected chi connectivity index (χ1v) is 13.1. The number of nitrogens with zero attached hydrogens (tertiary/aromatic N) is 6. The summed E-state index contributed by atoms with van der Waals surface area (Å²) in [6.45, 7) is 5.05. The Kier molecular flexibility index (Phi) is 9.13. The number of aromatic nitrogens is 4. The molecule has 208 valence electrons. The van der Waals surface area contributed by atoms with E-state index in [2.05, 4.69) is 27.5 Å². The average Bonchev–Trinajstić information content (AvgIpc) is 3.29. The van der Waals surface area contributed by atoms with Crippen molar-refractivity contribution in [1.82, 2.24) is 19.1 Å². The minimum atomic E-state index is -0.813. The smallest absolute Gasteiger partial charge is 0.333 e. The van der Waals surface area contributed by atoms with Gasteiger partial charge in [0, 0.05) is 38.4 Å². The summed E-state index contributed by atoms with van der Waals surface area (Å²) in [4.78, 5) is 37.5. The first kappa shape index (κ1) is 28.0. The second kappa shape index (κ2) is 12.7. The Morgan fingerprint density at radius 1 is 1.21 bits per heavy atom. The zero-order valence-electron chi connectivity index (χ0n) is 22.6. The Bertz CT molecular complexity index is 1460. The van der Waals surface area contributed by atoms with Gasteiger partial charge in [0.25, 0.3) is 5.56 Å². The van der Waals surface area contributed by atoms with Gasteiger partial charge < -0.3 is 24.2 Å². The van der Waals surface area contributed by atoms with Crippen LogP contribution in [0.2, 0.25) is 0 Å². The maximum atomic E-state index is 13.5. The van der Waals surface area contributed by atoms with E-state index < -0.39 is 12.6 Å². The monoisotopic (exact) mass is 538 g/mol. The van der Waals surface area contributed by atoms with Crippen LogP contribution in [0.4, 0.5) is 16.3 Å². The van der Waals surface area contributed by atoms with E-state index in [9.17, 15) is 14.0 Å². The van der Waals surface area contributed by atoms with Crippen molar-refractivity contribution in [2.75, 3.05) is 36.5 Å². The van der Waals surface area contributed by atoms with Crippen LogP contribution in [0.25, 0.3) is 12.2 Å². The maximum Gasteiger partial charge on any atom is 0.333 e. The number of halogens is 1. The summed E-state index contributed by atoms with van der Waals surface area (Å²) in [5.41, 5.74) is 0.647. The number of hydrogen-bond donors (Lipinski definition) is 1. The van der Waals surface area contributed by atoms with Crippen LogP contribution in [0.5, 0.6) is 0 Å². The van der Waals surface area contributed by atoms with Crippen LogP contribution in [0.1, 0.15) is 38.7 Å². The molecule has 1 N–H and O–H groups in total. The second-order valence-electron chi connectivity index (χ2n) is 9.44. The Labute approximate surface area is 226 Å². The van der Waals surface area contributed by atoms with Crippen LogP contribution >= 0.6 is 0 Å². The summed E-state index contributed by atoms with van der Waals surface area (Å²) in [6.07, 6.45) is 8.06. The largest absolute Gasteiger partial charge is 0.442 e. The highest BCUT2D eigenvalue weighted by Gasteiger charge is 2.27. The maximum absolute atomic E-state index is 13.5. The molecule has 0 atom stereocenters. The van der Waals surface area contributed by atoms with Crippen molar-refractivity contribution in [3.63, 3.8) is 0 Å². The number of aliphatic hydroxyl groups excluding tert-OH is 1. The number of piperidine rings is 1. The van der Waals surface area contributed by atoms with Crippen molar-refractivity contribution in [1.29, 1.82) is 0 Å². The summed E-state index contributed by atoms with van der Waals surface area (Å²) < 4.78 is 22.0. The number of carbonyl (C=O) groups is 1. The van der Waals surface area contributed by atoms with E-state index in [0.29, 0.717) is 12.5 Å². The van der Waals surface area contributed by atoms with Crippen molar-refractivity contribution < 1.29 is 19.0 Å². The zero-order valence-corrected chi connectivity index (χ0v) is 22.6. The van der Waals surface area contributed by atoms with Gasteiger partial charge in [0.1, 0.15) is 12.4 Å². The van der Waals surface area contributed by atoms with Gasteiger partial charge in [-0.2, -0.15) is 0 Å². The summed E-state index contributed by atoms with van der Waals surface area (Å²) in [7, 11) is 1.88. The highest BCUT2D eigenvalue weighted by atomic mass is 19.1. The molecule has 0 spiro atoms. The number of anilines is 2. The number of benzene rings is 1. The van der Waals surface area contributed by atoms with E-state index >= 15 is 0 Å². The van der Waals surface area contributed by atoms with E-state index in [0.717, 1.165) is 54.6 Å². The van der Waals surface area contributed by atoms with Crippen LogP contribution < -0.4 is 26.1 Å². The fraction of sp³-hybridized carbons (Fsp3) is 0.429. The third-order valence-electron chi connectivity index (χ3n) is 6.95. The van der Waals surface area contributed by atoms with Gasteiger partial charge in [-0.15, -0.1) is 0 Å². The standard InChI is InChI=1S/C28H35FN6O4/c1-4-6-24-23(5-2)31-28(34(24)17-20-7-9-21(29)10-8-20)33-15-12-22(13-16-33)32(3)27-30-14-11-25(37)35(27)19-39-26(38)18-36/h5-11,14,22,36H,4,12-13,15-19H2,1-3H3/b23-5+,24-6+. The Balaban J connectivity index is 1.56. The van der Waals surface area contributed by atoms with Gasteiger partial charge in [-0.1, -0.05) is 31.2 Å². The molecule has 0 unspecified atom stereocenters. The number of imidazole rings is 1. The van der Waals surface area contributed by atoms with E-state index in [-0.39, 0.29) is 24.1 Å². The molecule has 11 heteroatoms. The number of hydrogen-bond acceptors (Lipinski definition) is 8. The molecule has 3 heterocycles. The van der Waals surface area contributed by atoms with Crippen molar-refractivity contribution in [3.8, 4) is 0 Å². The minimum absolute atomic E-state index is 0.0923. The number of esters is 1. The summed E-state index contributed by atoms with van der Waals surface area (Å²) in [5.74, 6) is 0.196. The number of ether oxygens (including phenoxy) is 1. The summed E-state index contributed by atoms with van der Waals surface area (Å²) in [5, 5.41) is 10.9. The normalized spacial score (nSPS) is 15.2. The lowest BCUT2D eigenvalue weighted by molar-refractivity contribution is -0.150. The molecule has 1 aromatic carbocycles. The molecule has 3 aromatic rings. The molecule has 0 bridgehead atoms. The van der Waals surface area contributed by atoms with Crippen molar-refractivity contribution in [2.45, 2.75) is 52.4 Å². The molecule has 1 saturated heterocycles. The zero-order chi connectivity index (χ0) is 27.9. The molecule has 1 fully saturated rings. The molecular formula is C28H35FN6O4. The van der Waals surface area contributed by atoms with Crippen molar-refractivity contribution >= 4 is 30.0 Å². The first-order chi connectivity index (χ1) is 18.9. The lowest BCUT2D eigenvalue weighted by Gasteiger charge is -2.38. The second-order valence-corrected chi connectivity index (χ2v) is 9.44. The van der Waals surface area contributed by atoms with E-state index in [1.54, 1.807) is 12.1 Å². The predicted octanol–water partition coefficient (Wildman–Crippen LogP) is 1.22. The number of rotatable bonds is 9. The SMILES string of the molecule is C/C=c1/nc(N2CCC(N(C)c3nccc(=O)n3COC(=O)CO)CC2)n(Cc2ccc(F)cc2)/c1=C/CC. The van der Waals surface area contributed by atoms with E-state index in [1.165, 1.54) is 29.0 Å². The van der Waals surface area contributed by atoms with Crippen LogP contribution in [-0.2, 0) is 22.8 Å². The van der Waals surface area contributed by atoms with Gasteiger partial charge in [0.2, 0.25) is 11.9 Å². The predicted molar refractivity (Wildman–Crippen MR) is 147 cm³/mol. The van der Waals surface area contributed by atoms with Crippen molar-refractivity contribution in [3.05, 3.63) is 69.0 Å². The minimum Gasteiger partial charge on any atom is -0.442 e. The van der Waals surface area contributed by atoms with Gasteiger partial charge in [-0.25, -0.2) is 23.7 Å². The average molecular weight is 539 g/mol. The first-order valence-electron chi connectivity index (χ1n) is 13.1. The van der Waals surface area contributed by atoms with E-state index in [4.69, 9.17) is 14.8 Å². The van der Waals surface area contributed by atoms with Crippen molar-refractivity contribution in [2.24, 2.45) is 0 Å². The Morgan fingerprint density at radius 2 is 1.92 bits per heavy atom. The third kappa shape index (κ3) is 6.36. The molecule has 39 heavy (non-hydrogen) atoms. The van der Waals surface area contributed by atoms with Crippen LogP contribution in [0.3, 0.4) is 0 Å². The highest BCUT2D eigenvalue weighted by Crippen LogP contribution is 2.23. The molecular weight excluding hydrogens is 503 g/mol. The molecule has 10 nitrogen and oxygen atoms in total. The molecule has 1 aliphatic rings. The molecule has 2 aromatic heterocycles. The van der Waals surface area contributed by atoms with Gasteiger partial charge in [0.15, 0.2) is 6.73 Å². The topological polar surface area (TPSA) is 106 Å². The van der Waals surface area contributed by atoms with E-state index in [1.807, 2.05) is 24.9 Å². The van der Waals surface area contributed by atoms with Gasteiger partial charge in [-0.05, 0) is 43.9 Å². The van der Waals surface area contributed by atoms with Gasteiger partial charge in [0.05, 0.1) is 17.2 Å². The fourth-order valence-electron chi connectivity index (χ4n) is 4.89. The molecule has 0 amide bonds. The lowest BCUT2D eigenvalue weighted by Crippen LogP contribution is -2.46. The summed E-state index contributed by atoms with van der Waals surface area (Å²) in [6, 6.07) is 7.96. The molecule has 0 saturated carbocycles. The Morgan fingerprint density at radius 3 is 2.56 bits per heavy atom. The van der Waals surface area contributed by atoms with Gasteiger partial charge in [-0.3, -0.25) is 4.79 Å². The third-order valence-corrected chi connectivity index (χ3v) is 6.95. The highest BCUT2D eigenvalue weighted by molar-refractivity contribution is 5.70. The van der Waals surface area contributed by atoms with Crippen LogP contribution in [0, 0.1) is 5.82 Å². The van der Waals surface area contributed by atoms with Crippen LogP contribution in [0.15, 0.2) is 41.3 Å². The molecule has 4 rings (SSSR count). The van der Waals surface area contributed by atoms with Gasteiger partial charge >= 0.3 is 5.97 Å². The summed E-state index contributed by atoms with van der Waals surface area (Å²) >= 11 is 0. The fourth-order valence-corrected chi connectivity index (χ4v) is 4.89. The quantitative estimate of drug-likeness (QED) is 0.406.